The Hall–Kier alpha value is -3.55. The molecule has 188 valence electrons. The highest BCUT2D eigenvalue weighted by Gasteiger charge is 2.35. The third-order valence-corrected chi connectivity index (χ3v) is 5.96. The van der Waals surface area contributed by atoms with Crippen molar-refractivity contribution in [2.45, 2.75) is 58.2 Å². The van der Waals surface area contributed by atoms with Crippen molar-refractivity contribution in [2.24, 2.45) is 0 Å². The van der Waals surface area contributed by atoms with E-state index in [0.717, 1.165) is 11.1 Å². The second kappa shape index (κ2) is 10.4. The average molecular weight is 483 g/mol. The van der Waals surface area contributed by atoms with E-state index in [1.807, 2.05) is 36.4 Å². The van der Waals surface area contributed by atoms with Crippen LogP contribution in [0.3, 0.4) is 0 Å². The van der Waals surface area contributed by atoms with E-state index in [1.165, 1.54) is 16.7 Å². The first-order valence-electron chi connectivity index (χ1n) is 11.6. The standard InChI is InChI=1S/C27H34N2O6/c1-17(30)21-15-19-10-13-23(33-7)24(16-19)34-20-11-8-18(9-12-20)14-22(25(31)28(21)5)29(6)26(32)35-27(2,3)4/h8-13,16,21-22H,14-15H2,1-7H3/t21-,22-/m0/s1. The first kappa shape index (κ1) is 26.1. The smallest absolute Gasteiger partial charge is 0.410 e. The minimum absolute atomic E-state index is 0.159. The van der Waals surface area contributed by atoms with Crippen LogP contribution in [-0.2, 0) is 27.2 Å². The number of carbonyl (C=O) groups is 3. The summed E-state index contributed by atoms with van der Waals surface area (Å²) < 4.78 is 17.0. The van der Waals surface area contributed by atoms with Crippen LogP contribution >= 0.6 is 0 Å². The van der Waals surface area contributed by atoms with Gasteiger partial charge in [-0.3, -0.25) is 14.5 Å². The molecule has 4 rings (SSSR count). The van der Waals surface area contributed by atoms with Crippen molar-refractivity contribution in [2.75, 3.05) is 21.2 Å². The third-order valence-electron chi connectivity index (χ3n) is 5.96. The van der Waals surface area contributed by atoms with E-state index < -0.39 is 23.8 Å². The summed E-state index contributed by atoms with van der Waals surface area (Å²) >= 11 is 0. The third kappa shape index (κ3) is 6.32. The molecule has 0 unspecified atom stereocenters. The van der Waals surface area contributed by atoms with Crippen molar-refractivity contribution >= 4 is 17.8 Å². The summed E-state index contributed by atoms with van der Waals surface area (Å²) in [6.45, 7) is 6.78. The lowest BCUT2D eigenvalue weighted by molar-refractivity contribution is -0.141. The van der Waals surface area contributed by atoms with Gasteiger partial charge >= 0.3 is 6.09 Å². The highest BCUT2D eigenvalue weighted by atomic mass is 16.6. The molecule has 0 saturated carbocycles. The van der Waals surface area contributed by atoms with E-state index in [9.17, 15) is 14.4 Å². The Morgan fingerprint density at radius 3 is 2.26 bits per heavy atom. The van der Waals surface area contributed by atoms with Crippen molar-refractivity contribution in [3.63, 3.8) is 0 Å². The van der Waals surface area contributed by atoms with Gasteiger partial charge in [0.15, 0.2) is 17.3 Å². The van der Waals surface area contributed by atoms with Gasteiger partial charge in [0, 0.05) is 26.9 Å². The molecule has 35 heavy (non-hydrogen) atoms. The van der Waals surface area contributed by atoms with Crippen LogP contribution in [0, 0.1) is 0 Å². The van der Waals surface area contributed by atoms with Crippen LogP contribution in [0.5, 0.6) is 17.2 Å². The largest absolute Gasteiger partial charge is 0.493 e. The molecular weight excluding hydrogens is 448 g/mol. The molecule has 4 bridgehead atoms. The Kier molecular flexibility index (Phi) is 7.73. The molecule has 8 heteroatoms. The fraction of sp³-hybridized carbons (Fsp3) is 0.444. The Labute approximate surface area is 206 Å². The summed E-state index contributed by atoms with van der Waals surface area (Å²) in [7, 11) is 4.71. The first-order valence-corrected chi connectivity index (χ1v) is 11.6. The SMILES string of the molecule is COc1ccc2cc1Oc1ccc(cc1)C[C@H](N(C)C(=O)OC(C)(C)C)C(=O)N(C)[C@H](C(C)=O)C2. The lowest BCUT2D eigenvalue weighted by Crippen LogP contribution is -2.54. The van der Waals surface area contributed by atoms with Crippen molar-refractivity contribution in [3.05, 3.63) is 53.6 Å². The number of fused-ring (bicyclic) bond motifs is 7. The van der Waals surface area contributed by atoms with Crippen LogP contribution < -0.4 is 9.47 Å². The number of benzene rings is 2. The van der Waals surface area contributed by atoms with Gasteiger partial charge in [-0.1, -0.05) is 18.2 Å². The highest BCUT2D eigenvalue weighted by Crippen LogP contribution is 2.33. The molecule has 8 nitrogen and oxygen atoms in total. The van der Waals surface area contributed by atoms with Gasteiger partial charge in [-0.25, -0.2) is 4.79 Å². The summed E-state index contributed by atoms with van der Waals surface area (Å²) in [6, 6.07) is 11.2. The number of methoxy groups -OCH3 is 1. The molecule has 0 aliphatic carbocycles. The minimum Gasteiger partial charge on any atom is -0.493 e. The van der Waals surface area contributed by atoms with Crippen LogP contribution in [0.15, 0.2) is 42.5 Å². The molecule has 2 aliphatic heterocycles. The van der Waals surface area contributed by atoms with Crippen LogP contribution in [0.1, 0.15) is 38.8 Å². The van der Waals surface area contributed by atoms with E-state index >= 15 is 0 Å². The molecule has 2 amide bonds. The lowest BCUT2D eigenvalue weighted by atomic mass is 9.98. The number of ether oxygens (including phenoxy) is 3. The summed E-state index contributed by atoms with van der Waals surface area (Å²) in [5.74, 6) is 1.18. The summed E-state index contributed by atoms with van der Waals surface area (Å²) in [4.78, 5) is 42.0. The number of ketones is 1. The van der Waals surface area contributed by atoms with Gasteiger partial charge in [0.1, 0.15) is 17.4 Å². The number of Topliss-reactive ketones (excluding diaryl/α,β-unsaturated/α-hetero) is 1. The summed E-state index contributed by atoms with van der Waals surface area (Å²) in [5.41, 5.74) is 0.928. The van der Waals surface area contributed by atoms with Gasteiger partial charge in [0.25, 0.3) is 0 Å². The zero-order valence-corrected chi connectivity index (χ0v) is 21.5. The highest BCUT2D eigenvalue weighted by molar-refractivity contribution is 5.91. The zero-order valence-electron chi connectivity index (χ0n) is 21.5. The van der Waals surface area contributed by atoms with E-state index in [0.29, 0.717) is 23.7 Å². The maximum Gasteiger partial charge on any atom is 0.410 e. The maximum absolute atomic E-state index is 13.8. The quantitative estimate of drug-likeness (QED) is 0.651. The van der Waals surface area contributed by atoms with Crippen molar-refractivity contribution < 1.29 is 28.6 Å². The fourth-order valence-corrected chi connectivity index (χ4v) is 3.99. The van der Waals surface area contributed by atoms with Gasteiger partial charge < -0.3 is 19.1 Å². The van der Waals surface area contributed by atoms with Gasteiger partial charge in [-0.2, -0.15) is 0 Å². The zero-order chi connectivity index (χ0) is 25.9. The van der Waals surface area contributed by atoms with Crippen molar-refractivity contribution in [1.82, 2.24) is 9.80 Å². The summed E-state index contributed by atoms with van der Waals surface area (Å²) in [6.07, 6.45) is -0.0684. The molecular formula is C27H34N2O6. The molecule has 0 radical (unpaired) electrons. The molecule has 2 atom stereocenters. The van der Waals surface area contributed by atoms with Gasteiger partial charge in [-0.05, 0) is 63.1 Å². The van der Waals surface area contributed by atoms with E-state index in [1.54, 1.807) is 48.0 Å². The van der Waals surface area contributed by atoms with Gasteiger partial charge in [0.05, 0.1) is 13.2 Å². The molecule has 0 spiro atoms. The Morgan fingerprint density at radius 2 is 1.69 bits per heavy atom. The minimum atomic E-state index is -0.863. The maximum atomic E-state index is 13.8. The second-order valence-corrected chi connectivity index (χ2v) is 9.82. The predicted octanol–water partition coefficient (Wildman–Crippen LogP) is 4.24. The Balaban J connectivity index is 2.07. The molecule has 0 N–H and O–H groups in total. The monoisotopic (exact) mass is 482 g/mol. The number of amides is 2. The summed E-state index contributed by atoms with van der Waals surface area (Å²) in [5, 5.41) is 0. The average Bonchev–Trinajstić information content (AvgIpc) is 2.79. The second-order valence-electron chi connectivity index (χ2n) is 9.82. The number of hydrogen-bond donors (Lipinski definition) is 0. The van der Waals surface area contributed by atoms with Crippen LogP contribution in [0.25, 0.3) is 0 Å². The van der Waals surface area contributed by atoms with Crippen molar-refractivity contribution in [1.29, 1.82) is 0 Å². The van der Waals surface area contributed by atoms with Crippen LogP contribution in [-0.4, -0.2) is 66.5 Å². The van der Waals surface area contributed by atoms with E-state index in [2.05, 4.69) is 0 Å². The van der Waals surface area contributed by atoms with Gasteiger partial charge in [0.2, 0.25) is 5.91 Å². The molecule has 0 fully saturated rings. The number of likely N-dealkylation sites (N-methyl/N-ethyl adjacent to an activating group) is 2. The van der Waals surface area contributed by atoms with Gasteiger partial charge in [-0.15, -0.1) is 0 Å². The molecule has 2 aromatic carbocycles. The first-order chi connectivity index (χ1) is 16.4. The normalized spacial score (nSPS) is 18.4. The van der Waals surface area contributed by atoms with Crippen molar-refractivity contribution in [3.8, 4) is 17.2 Å². The van der Waals surface area contributed by atoms with E-state index in [4.69, 9.17) is 14.2 Å². The topological polar surface area (TPSA) is 85.4 Å². The van der Waals surface area contributed by atoms with Crippen LogP contribution in [0.2, 0.25) is 0 Å². The molecule has 0 aromatic heterocycles. The fourth-order valence-electron chi connectivity index (χ4n) is 3.99. The Bertz CT molecular complexity index is 1090. The number of hydrogen-bond acceptors (Lipinski definition) is 6. The number of rotatable bonds is 3. The lowest BCUT2D eigenvalue weighted by Gasteiger charge is -2.35. The molecule has 2 aliphatic rings. The van der Waals surface area contributed by atoms with E-state index in [-0.39, 0.29) is 18.1 Å². The predicted molar refractivity (Wildman–Crippen MR) is 132 cm³/mol. The molecule has 2 aromatic rings. The molecule has 0 saturated heterocycles. The molecule has 2 heterocycles. The van der Waals surface area contributed by atoms with Crippen LogP contribution in [0.4, 0.5) is 4.79 Å². The number of carbonyl (C=O) groups excluding carboxylic acids is 3. The number of nitrogens with zero attached hydrogens (tertiary/aromatic N) is 2. The Morgan fingerprint density at radius 1 is 1.06 bits per heavy atom.